The van der Waals surface area contributed by atoms with E-state index >= 15 is 0 Å². The van der Waals surface area contributed by atoms with Crippen LogP contribution < -0.4 is 9.47 Å². The second-order valence-corrected chi connectivity index (χ2v) is 4.84. The van der Waals surface area contributed by atoms with Gasteiger partial charge in [-0.3, -0.25) is 0 Å². The van der Waals surface area contributed by atoms with Crippen LogP contribution >= 0.6 is 0 Å². The number of rotatable bonds is 7. The van der Waals surface area contributed by atoms with Crippen LogP contribution in [0.15, 0.2) is 65.3 Å². The Morgan fingerprint density at radius 1 is 0.913 bits per heavy atom. The average Bonchev–Trinajstić information content (AvgIpc) is 3.09. The highest BCUT2D eigenvalue weighted by atomic mass is 16.5. The third kappa shape index (κ3) is 4.11. The SMILES string of the molecule is OCCOc1ccc(OCc2coc(-c3ccccc3)n2)cc1. The summed E-state index contributed by atoms with van der Waals surface area (Å²) in [6, 6.07) is 16.9. The molecule has 0 aliphatic carbocycles. The number of aliphatic hydroxyl groups excluding tert-OH is 1. The maximum Gasteiger partial charge on any atom is 0.226 e. The molecule has 0 amide bonds. The van der Waals surface area contributed by atoms with E-state index in [1.807, 2.05) is 42.5 Å². The minimum absolute atomic E-state index is 0.00580. The summed E-state index contributed by atoms with van der Waals surface area (Å²) < 4.78 is 16.4. The first-order valence-electron chi connectivity index (χ1n) is 7.31. The third-order valence-corrected chi connectivity index (χ3v) is 3.14. The van der Waals surface area contributed by atoms with Crippen LogP contribution in [0.25, 0.3) is 11.5 Å². The van der Waals surface area contributed by atoms with E-state index in [0.717, 1.165) is 11.3 Å². The Kier molecular flexibility index (Phi) is 4.91. The summed E-state index contributed by atoms with van der Waals surface area (Å²) in [5.74, 6) is 1.99. The molecule has 0 spiro atoms. The van der Waals surface area contributed by atoms with Crippen molar-refractivity contribution in [2.75, 3.05) is 13.2 Å². The Balaban J connectivity index is 1.57. The highest BCUT2D eigenvalue weighted by Crippen LogP contribution is 2.21. The number of aliphatic hydroxyl groups is 1. The number of hydrogen-bond acceptors (Lipinski definition) is 5. The molecule has 3 rings (SSSR count). The zero-order valence-corrected chi connectivity index (χ0v) is 12.5. The standard InChI is InChI=1S/C18H17NO4/c20-10-11-21-16-6-8-17(9-7-16)22-12-15-13-23-18(19-15)14-4-2-1-3-5-14/h1-9,13,20H,10-12H2. The molecule has 1 aromatic heterocycles. The lowest BCUT2D eigenvalue weighted by atomic mass is 10.2. The van der Waals surface area contributed by atoms with Crippen molar-refractivity contribution in [3.63, 3.8) is 0 Å². The zero-order chi connectivity index (χ0) is 15.9. The van der Waals surface area contributed by atoms with E-state index in [-0.39, 0.29) is 13.2 Å². The molecule has 5 heteroatoms. The number of ether oxygens (including phenoxy) is 2. The van der Waals surface area contributed by atoms with Gasteiger partial charge in [-0.2, -0.15) is 0 Å². The van der Waals surface area contributed by atoms with Gasteiger partial charge in [-0.05, 0) is 36.4 Å². The van der Waals surface area contributed by atoms with E-state index in [9.17, 15) is 0 Å². The van der Waals surface area contributed by atoms with Crippen LogP contribution in [-0.4, -0.2) is 23.3 Å². The molecule has 2 aromatic carbocycles. The summed E-state index contributed by atoms with van der Waals surface area (Å²) in [7, 11) is 0. The van der Waals surface area contributed by atoms with Gasteiger partial charge in [-0.25, -0.2) is 4.98 Å². The van der Waals surface area contributed by atoms with Gasteiger partial charge in [0.2, 0.25) is 5.89 Å². The minimum Gasteiger partial charge on any atom is -0.491 e. The Labute approximate surface area is 134 Å². The first kappa shape index (κ1) is 15.1. The fourth-order valence-corrected chi connectivity index (χ4v) is 2.04. The van der Waals surface area contributed by atoms with Crippen LogP contribution in [0.3, 0.4) is 0 Å². The summed E-state index contributed by atoms with van der Waals surface area (Å²) in [5, 5.41) is 8.71. The Hall–Kier alpha value is -2.79. The molecule has 0 saturated heterocycles. The van der Waals surface area contributed by atoms with E-state index in [2.05, 4.69) is 4.98 Å². The normalized spacial score (nSPS) is 10.5. The highest BCUT2D eigenvalue weighted by molar-refractivity contribution is 5.52. The van der Waals surface area contributed by atoms with Gasteiger partial charge < -0.3 is 19.0 Å². The Morgan fingerprint density at radius 2 is 1.61 bits per heavy atom. The van der Waals surface area contributed by atoms with E-state index in [1.165, 1.54) is 0 Å². The molecule has 23 heavy (non-hydrogen) atoms. The monoisotopic (exact) mass is 311 g/mol. The van der Waals surface area contributed by atoms with Crippen LogP contribution in [-0.2, 0) is 6.61 Å². The zero-order valence-electron chi connectivity index (χ0n) is 12.5. The van der Waals surface area contributed by atoms with Crippen molar-refractivity contribution in [3.05, 3.63) is 66.6 Å². The van der Waals surface area contributed by atoms with Crippen molar-refractivity contribution in [1.82, 2.24) is 4.98 Å². The average molecular weight is 311 g/mol. The number of hydrogen-bond donors (Lipinski definition) is 1. The molecule has 3 aromatic rings. The lowest BCUT2D eigenvalue weighted by Crippen LogP contribution is -2.01. The minimum atomic E-state index is -0.00580. The summed E-state index contributed by atoms with van der Waals surface area (Å²) in [6.45, 7) is 0.600. The highest BCUT2D eigenvalue weighted by Gasteiger charge is 2.07. The van der Waals surface area contributed by atoms with E-state index in [0.29, 0.717) is 24.0 Å². The first-order valence-corrected chi connectivity index (χ1v) is 7.31. The molecule has 0 aliphatic heterocycles. The fraction of sp³-hybridized carbons (Fsp3) is 0.167. The van der Waals surface area contributed by atoms with Crippen molar-refractivity contribution >= 4 is 0 Å². The second kappa shape index (κ2) is 7.47. The molecule has 0 atom stereocenters. The predicted molar refractivity (Wildman–Crippen MR) is 85.3 cm³/mol. The maximum atomic E-state index is 8.71. The van der Waals surface area contributed by atoms with Gasteiger partial charge in [0.1, 0.15) is 36.7 Å². The van der Waals surface area contributed by atoms with E-state index in [1.54, 1.807) is 18.4 Å². The van der Waals surface area contributed by atoms with Crippen LogP contribution in [0.4, 0.5) is 0 Å². The Morgan fingerprint density at radius 3 is 2.30 bits per heavy atom. The van der Waals surface area contributed by atoms with Crippen molar-refractivity contribution in [2.24, 2.45) is 0 Å². The largest absolute Gasteiger partial charge is 0.491 e. The van der Waals surface area contributed by atoms with Crippen LogP contribution in [0.5, 0.6) is 11.5 Å². The number of oxazole rings is 1. The molecule has 1 N–H and O–H groups in total. The lowest BCUT2D eigenvalue weighted by Gasteiger charge is -2.06. The van der Waals surface area contributed by atoms with E-state index in [4.69, 9.17) is 19.0 Å². The van der Waals surface area contributed by atoms with Crippen LogP contribution in [0.2, 0.25) is 0 Å². The van der Waals surface area contributed by atoms with Crippen LogP contribution in [0, 0.1) is 0 Å². The second-order valence-electron chi connectivity index (χ2n) is 4.84. The topological polar surface area (TPSA) is 64.7 Å². The molecule has 0 radical (unpaired) electrons. The van der Waals surface area contributed by atoms with Crippen molar-refractivity contribution in [2.45, 2.75) is 6.61 Å². The van der Waals surface area contributed by atoms with Crippen molar-refractivity contribution < 1.29 is 19.0 Å². The smallest absolute Gasteiger partial charge is 0.226 e. The molecule has 1 heterocycles. The molecular formula is C18H17NO4. The molecule has 0 fully saturated rings. The van der Waals surface area contributed by atoms with Crippen molar-refractivity contribution in [3.8, 4) is 23.0 Å². The molecular weight excluding hydrogens is 294 g/mol. The van der Waals surface area contributed by atoms with Gasteiger partial charge in [-0.15, -0.1) is 0 Å². The molecule has 0 bridgehead atoms. The van der Waals surface area contributed by atoms with Crippen LogP contribution in [0.1, 0.15) is 5.69 Å². The third-order valence-electron chi connectivity index (χ3n) is 3.14. The molecule has 118 valence electrons. The lowest BCUT2D eigenvalue weighted by molar-refractivity contribution is 0.201. The van der Waals surface area contributed by atoms with Gasteiger partial charge in [0.25, 0.3) is 0 Å². The summed E-state index contributed by atoms with van der Waals surface area (Å²) in [6.07, 6.45) is 1.60. The van der Waals surface area contributed by atoms with Gasteiger partial charge >= 0.3 is 0 Å². The van der Waals surface area contributed by atoms with Gasteiger partial charge in [-0.1, -0.05) is 18.2 Å². The molecule has 0 aliphatic rings. The summed E-state index contributed by atoms with van der Waals surface area (Å²) in [4.78, 5) is 4.41. The predicted octanol–water partition coefficient (Wildman–Crippen LogP) is 3.29. The van der Waals surface area contributed by atoms with Gasteiger partial charge in [0, 0.05) is 5.56 Å². The number of benzene rings is 2. The first-order chi connectivity index (χ1) is 11.3. The van der Waals surface area contributed by atoms with E-state index < -0.39 is 0 Å². The molecule has 0 unspecified atom stereocenters. The molecule has 5 nitrogen and oxygen atoms in total. The molecule has 0 saturated carbocycles. The number of nitrogens with zero attached hydrogens (tertiary/aromatic N) is 1. The summed E-state index contributed by atoms with van der Waals surface area (Å²) >= 11 is 0. The Bertz CT molecular complexity index is 722. The van der Waals surface area contributed by atoms with Gasteiger partial charge in [0.05, 0.1) is 6.61 Å². The van der Waals surface area contributed by atoms with Gasteiger partial charge in [0.15, 0.2) is 0 Å². The summed E-state index contributed by atoms with van der Waals surface area (Å²) in [5.41, 5.74) is 1.66. The van der Waals surface area contributed by atoms with Crippen molar-refractivity contribution in [1.29, 1.82) is 0 Å². The number of aromatic nitrogens is 1. The quantitative estimate of drug-likeness (QED) is 0.725. The maximum absolute atomic E-state index is 8.71. The fourth-order valence-electron chi connectivity index (χ4n) is 2.04.